The zero-order valence-corrected chi connectivity index (χ0v) is 11.1. The van der Waals surface area contributed by atoms with Gasteiger partial charge in [-0.05, 0) is 30.7 Å². The molecule has 3 heteroatoms. The Hall–Kier alpha value is -1.66. The minimum Gasteiger partial charge on any atom is -0.376 e. The highest BCUT2D eigenvalue weighted by atomic mass is 19.1. The van der Waals surface area contributed by atoms with Crippen LogP contribution >= 0.6 is 0 Å². The summed E-state index contributed by atoms with van der Waals surface area (Å²) in [7, 11) is 0. The maximum atomic E-state index is 13.8. The zero-order chi connectivity index (χ0) is 13.7. The lowest BCUT2D eigenvalue weighted by Gasteiger charge is -2.24. The van der Waals surface area contributed by atoms with Crippen molar-refractivity contribution in [1.29, 1.82) is 5.26 Å². The molecule has 0 radical (unpaired) electrons. The molecule has 0 N–H and O–H groups in total. The van der Waals surface area contributed by atoms with Crippen LogP contribution in [0.5, 0.6) is 0 Å². The van der Waals surface area contributed by atoms with Gasteiger partial charge in [0, 0.05) is 5.56 Å². The molecule has 100 valence electrons. The van der Waals surface area contributed by atoms with E-state index in [1.807, 2.05) is 6.07 Å². The molecule has 1 aromatic carbocycles. The standard InChI is InChI=1S/C16H18FNO/c1-12-5-2-3-6-14(12)10-19-11-15-8-4-7-13(9-18)16(15)17/h2-4,7-8,12,14H,5-6,10-11H2,1H3. The van der Waals surface area contributed by atoms with E-state index in [1.165, 1.54) is 6.07 Å². The Morgan fingerprint density at radius 2 is 2.16 bits per heavy atom. The summed E-state index contributed by atoms with van der Waals surface area (Å²) in [5.74, 6) is 0.661. The van der Waals surface area contributed by atoms with Crippen LogP contribution in [-0.2, 0) is 11.3 Å². The number of nitriles is 1. The molecule has 1 aliphatic carbocycles. The molecule has 0 heterocycles. The van der Waals surface area contributed by atoms with E-state index in [9.17, 15) is 4.39 Å². The molecule has 0 amide bonds. The predicted molar refractivity (Wildman–Crippen MR) is 71.8 cm³/mol. The van der Waals surface area contributed by atoms with E-state index in [4.69, 9.17) is 10.00 Å². The molecule has 2 rings (SSSR count). The molecule has 1 aromatic rings. The number of hydrogen-bond acceptors (Lipinski definition) is 2. The van der Waals surface area contributed by atoms with E-state index < -0.39 is 5.82 Å². The van der Waals surface area contributed by atoms with Gasteiger partial charge in [0.25, 0.3) is 0 Å². The smallest absolute Gasteiger partial charge is 0.146 e. The Morgan fingerprint density at radius 1 is 1.37 bits per heavy atom. The van der Waals surface area contributed by atoms with Crippen LogP contribution in [-0.4, -0.2) is 6.61 Å². The lowest BCUT2D eigenvalue weighted by Crippen LogP contribution is -2.19. The average Bonchev–Trinajstić information content (AvgIpc) is 2.43. The number of ether oxygens (including phenoxy) is 1. The van der Waals surface area contributed by atoms with Gasteiger partial charge in [0.2, 0.25) is 0 Å². The molecule has 0 bridgehead atoms. The van der Waals surface area contributed by atoms with Crippen LogP contribution in [0.2, 0.25) is 0 Å². The van der Waals surface area contributed by atoms with E-state index in [2.05, 4.69) is 19.1 Å². The summed E-state index contributed by atoms with van der Waals surface area (Å²) < 4.78 is 19.4. The highest BCUT2D eigenvalue weighted by molar-refractivity contribution is 5.34. The molecule has 2 unspecified atom stereocenters. The van der Waals surface area contributed by atoms with Gasteiger partial charge in [0.1, 0.15) is 11.9 Å². The normalized spacial score (nSPS) is 22.2. The van der Waals surface area contributed by atoms with Gasteiger partial charge in [0.05, 0.1) is 18.8 Å². The van der Waals surface area contributed by atoms with Gasteiger partial charge < -0.3 is 4.74 Å². The van der Waals surface area contributed by atoms with Crippen molar-refractivity contribution in [2.75, 3.05) is 6.61 Å². The SMILES string of the molecule is CC1CC=CCC1COCc1cccc(C#N)c1F. The van der Waals surface area contributed by atoms with Gasteiger partial charge in [-0.25, -0.2) is 4.39 Å². The maximum Gasteiger partial charge on any atom is 0.146 e. The Labute approximate surface area is 113 Å². The number of allylic oxidation sites excluding steroid dienone is 2. The van der Waals surface area contributed by atoms with Crippen LogP contribution in [0.25, 0.3) is 0 Å². The molecule has 0 saturated heterocycles. The molecular formula is C16H18FNO. The fourth-order valence-electron chi connectivity index (χ4n) is 2.34. The van der Waals surface area contributed by atoms with Crippen molar-refractivity contribution in [2.24, 2.45) is 11.8 Å². The zero-order valence-electron chi connectivity index (χ0n) is 11.1. The molecule has 0 spiro atoms. The second kappa shape index (κ2) is 6.49. The van der Waals surface area contributed by atoms with Gasteiger partial charge in [-0.2, -0.15) is 5.26 Å². The topological polar surface area (TPSA) is 33.0 Å². The highest BCUT2D eigenvalue weighted by Gasteiger charge is 2.18. The first-order valence-corrected chi connectivity index (χ1v) is 6.62. The third-order valence-corrected chi connectivity index (χ3v) is 3.71. The van der Waals surface area contributed by atoms with Crippen molar-refractivity contribution >= 4 is 0 Å². The summed E-state index contributed by atoms with van der Waals surface area (Å²) in [5, 5.41) is 8.77. The monoisotopic (exact) mass is 259 g/mol. The number of rotatable bonds is 4. The van der Waals surface area contributed by atoms with E-state index >= 15 is 0 Å². The second-order valence-electron chi connectivity index (χ2n) is 5.09. The fraction of sp³-hybridized carbons (Fsp3) is 0.438. The van der Waals surface area contributed by atoms with E-state index in [0.717, 1.165) is 12.8 Å². The first-order valence-electron chi connectivity index (χ1n) is 6.62. The van der Waals surface area contributed by atoms with Crippen molar-refractivity contribution in [2.45, 2.75) is 26.4 Å². The average molecular weight is 259 g/mol. The van der Waals surface area contributed by atoms with Crippen LogP contribution < -0.4 is 0 Å². The Kier molecular flexibility index (Phi) is 4.70. The van der Waals surface area contributed by atoms with Gasteiger partial charge >= 0.3 is 0 Å². The molecule has 0 aromatic heterocycles. The van der Waals surface area contributed by atoms with Crippen LogP contribution in [0.3, 0.4) is 0 Å². The molecule has 2 nitrogen and oxygen atoms in total. The first kappa shape index (κ1) is 13.8. The summed E-state index contributed by atoms with van der Waals surface area (Å²) in [4.78, 5) is 0. The first-order chi connectivity index (χ1) is 9.22. The Bertz CT molecular complexity index is 504. The summed E-state index contributed by atoms with van der Waals surface area (Å²) >= 11 is 0. The number of hydrogen-bond donors (Lipinski definition) is 0. The minimum absolute atomic E-state index is 0.0788. The molecule has 19 heavy (non-hydrogen) atoms. The van der Waals surface area contributed by atoms with Gasteiger partial charge in [-0.1, -0.05) is 31.2 Å². The van der Waals surface area contributed by atoms with Crippen LogP contribution in [0.1, 0.15) is 30.9 Å². The second-order valence-corrected chi connectivity index (χ2v) is 5.09. The fourth-order valence-corrected chi connectivity index (χ4v) is 2.34. The molecule has 0 fully saturated rings. The molecule has 2 atom stereocenters. The number of nitrogens with zero attached hydrogens (tertiary/aromatic N) is 1. The molecule has 1 aliphatic rings. The third-order valence-electron chi connectivity index (χ3n) is 3.71. The minimum atomic E-state index is -0.457. The van der Waals surface area contributed by atoms with E-state index in [0.29, 0.717) is 24.0 Å². The van der Waals surface area contributed by atoms with Crippen molar-refractivity contribution in [3.63, 3.8) is 0 Å². The Balaban J connectivity index is 1.89. The van der Waals surface area contributed by atoms with Crippen molar-refractivity contribution in [3.8, 4) is 6.07 Å². The van der Waals surface area contributed by atoms with Gasteiger partial charge in [-0.15, -0.1) is 0 Å². The van der Waals surface area contributed by atoms with Crippen molar-refractivity contribution < 1.29 is 9.13 Å². The van der Waals surface area contributed by atoms with E-state index in [-0.39, 0.29) is 12.2 Å². The summed E-state index contributed by atoms with van der Waals surface area (Å²) in [5.41, 5.74) is 0.535. The number of benzene rings is 1. The molecule has 0 saturated carbocycles. The lowest BCUT2D eigenvalue weighted by atomic mass is 9.85. The summed E-state index contributed by atoms with van der Waals surface area (Å²) in [6.07, 6.45) is 6.51. The van der Waals surface area contributed by atoms with Crippen molar-refractivity contribution in [1.82, 2.24) is 0 Å². The van der Waals surface area contributed by atoms with Gasteiger partial charge in [-0.3, -0.25) is 0 Å². The largest absolute Gasteiger partial charge is 0.376 e. The lowest BCUT2D eigenvalue weighted by molar-refractivity contribution is 0.0665. The van der Waals surface area contributed by atoms with Crippen LogP contribution in [0.15, 0.2) is 30.4 Å². The van der Waals surface area contributed by atoms with Crippen LogP contribution in [0.4, 0.5) is 4.39 Å². The molecule has 0 aliphatic heterocycles. The van der Waals surface area contributed by atoms with Gasteiger partial charge in [0.15, 0.2) is 0 Å². The maximum absolute atomic E-state index is 13.8. The predicted octanol–water partition coefficient (Wildman–Crippen LogP) is 3.82. The quantitative estimate of drug-likeness (QED) is 0.770. The van der Waals surface area contributed by atoms with E-state index in [1.54, 1.807) is 12.1 Å². The summed E-state index contributed by atoms with van der Waals surface area (Å²) in [6, 6.07) is 6.68. The van der Waals surface area contributed by atoms with Crippen molar-refractivity contribution in [3.05, 3.63) is 47.3 Å². The summed E-state index contributed by atoms with van der Waals surface area (Å²) in [6.45, 7) is 3.09. The van der Waals surface area contributed by atoms with Crippen LogP contribution in [0, 0.1) is 29.0 Å². The Morgan fingerprint density at radius 3 is 2.89 bits per heavy atom. The highest BCUT2D eigenvalue weighted by Crippen LogP contribution is 2.25. The third kappa shape index (κ3) is 3.42. The number of halogens is 1. The molecular weight excluding hydrogens is 241 g/mol.